The van der Waals surface area contributed by atoms with E-state index < -0.39 is 57.8 Å². The van der Waals surface area contributed by atoms with Gasteiger partial charge in [-0.1, -0.05) is 273 Å². The zero-order chi connectivity index (χ0) is 58.3. The second kappa shape index (κ2) is 61.7. The summed E-state index contributed by atoms with van der Waals surface area (Å²) in [5.41, 5.74) is 0. The maximum absolute atomic E-state index is 13.0. The Morgan fingerprint density at radius 3 is 1.07 bits per heavy atom. The molecular weight excluding hydrogens is 1020 g/mol. The molecule has 3 atom stereocenters. The molecule has 462 valence electrons. The highest BCUT2D eigenvalue weighted by Crippen LogP contribution is 2.43. The molecular formula is C68H119O11P. The molecule has 0 aromatic rings. The van der Waals surface area contributed by atoms with Crippen LogP contribution in [0.25, 0.3) is 0 Å². The Morgan fingerprint density at radius 1 is 0.362 bits per heavy atom. The van der Waals surface area contributed by atoms with Gasteiger partial charge in [-0.25, -0.2) is 4.57 Å². The van der Waals surface area contributed by atoms with Crippen LogP contribution in [0.3, 0.4) is 0 Å². The number of ether oxygens (including phenoxy) is 3. The third kappa shape index (κ3) is 59.3. The number of aliphatic hydroxyl groups excluding tert-OH is 1. The molecule has 0 aliphatic heterocycles. The summed E-state index contributed by atoms with van der Waals surface area (Å²) in [6.45, 7) is 4.49. The minimum Gasteiger partial charge on any atom is -0.462 e. The first-order valence-corrected chi connectivity index (χ1v) is 34.0. The van der Waals surface area contributed by atoms with Crippen LogP contribution in [0.15, 0.2) is 85.1 Å². The first kappa shape index (κ1) is 76.7. The lowest BCUT2D eigenvalue weighted by molar-refractivity contribution is -0.161. The number of hydrogen-bond donors (Lipinski definition) is 2. The number of phosphoric ester groups is 1. The van der Waals surface area contributed by atoms with Crippen molar-refractivity contribution in [2.75, 3.05) is 26.4 Å². The zero-order valence-corrected chi connectivity index (χ0v) is 52.2. The standard InChI is InChI=1S/C68H119O11P/c1-4-7-10-13-16-19-22-25-28-31-32-35-38-41-44-47-50-53-56-59-68(72)79-65(61-75-66(70)57-54-51-48-45-42-39-36-33-29-26-23-20-17-14-11-8-5-2)63-77-80(73,74)76-62-64(60-69)78-67(71)58-55-52-49-46-43-40-37-34-30-27-24-21-18-15-12-9-6-3/h7,10,16,19,25,27-28,30,32,35,41,44,50,53,64-65,69H,4-6,8-9,11-15,17-18,20-24,26,29,31,33-34,36-40,42-43,45-49,51-52,54-63H2,1-3H3,(H,73,74)/b10-7-,19-16-,28-25-,30-27-,35-32-,44-41-,53-50-. The van der Waals surface area contributed by atoms with E-state index in [1.165, 1.54) is 148 Å². The average Bonchev–Trinajstić information content (AvgIpc) is 3.45. The number of phosphoric acid groups is 1. The average molecular weight is 1140 g/mol. The second-order valence-electron chi connectivity index (χ2n) is 21.6. The number of esters is 3. The third-order valence-electron chi connectivity index (χ3n) is 13.8. The normalized spacial score (nSPS) is 13.8. The minimum absolute atomic E-state index is 0.0418. The molecule has 3 unspecified atom stereocenters. The molecule has 0 spiro atoms. The molecule has 0 aromatic heterocycles. The van der Waals surface area contributed by atoms with E-state index in [0.717, 1.165) is 77.0 Å². The second-order valence-corrected chi connectivity index (χ2v) is 23.0. The van der Waals surface area contributed by atoms with Crippen LogP contribution < -0.4 is 0 Å². The quantitative estimate of drug-likeness (QED) is 0.0197. The van der Waals surface area contributed by atoms with Crippen molar-refractivity contribution in [3.63, 3.8) is 0 Å². The van der Waals surface area contributed by atoms with Crippen molar-refractivity contribution in [2.24, 2.45) is 0 Å². The SMILES string of the molecule is CC/C=C\C/C=C\C/C=C\C/C=C\C/C=C\C/C=C\CCC(=O)OC(COC(=O)CCCCCCCCCCCCCCCCCCC)COP(=O)(O)OCC(CO)OC(=O)CCCCCCCCC/C=C\CCCCCCCC. The summed E-state index contributed by atoms with van der Waals surface area (Å²) in [5, 5.41) is 9.85. The van der Waals surface area contributed by atoms with Crippen molar-refractivity contribution in [1.29, 1.82) is 0 Å². The molecule has 0 radical (unpaired) electrons. The molecule has 0 aliphatic carbocycles. The van der Waals surface area contributed by atoms with Crippen molar-refractivity contribution in [2.45, 2.75) is 303 Å². The van der Waals surface area contributed by atoms with Crippen LogP contribution in [-0.4, -0.2) is 66.5 Å². The van der Waals surface area contributed by atoms with Gasteiger partial charge in [0.15, 0.2) is 6.10 Å². The fourth-order valence-corrected chi connectivity index (χ4v) is 9.69. The largest absolute Gasteiger partial charge is 0.472 e. The van der Waals surface area contributed by atoms with E-state index >= 15 is 0 Å². The molecule has 0 aliphatic rings. The molecule has 0 amide bonds. The number of hydrogen-bond acceptors (Lipinski definition) is 10. The first-order chi connectivity index (χ1) is 39.2. The van der Waals surface area contributed by atoms with Gasteiger partial charge in [-0.15, -0.1) is 0 Å². The highest BCUT2D eigenvalue weighted by Gasteiger charge is 2.28. The van der Waals surface area contributed by atoms with Crippen LogP contribution in [0.4, 0.5) is 0 Å². The van der Waals surface area contributed by atoms with Crippen LogP contribution in [0.2, 0.25) is 0 Å². The van der Waals surface area contributed by atoms with Crippen molar-refractivity contribution >= 4 is 25.7 Å². The van der Waals surface area contributed by atoms with Crippen LogP contribution in [-0.2, 0) is 42.2 Å². The van der Waals surface area contributed by atoms with E-state index in [0.29, 0.717) is 25.7 Å². The van der Waals surface area contributed by atoms with E-state index in [2.05, 4.69) is 93.7 Å². The van der Waals surface area contributed by atoms with Crippen molar-refractivity contribution < 1.29 is 52.2 Å². The van der Waals surface area contributed by atoms with Gasteiger partial charge < -0.3 is 24.2 Å². The molecule has 0 aromatic carbocycles. The van der Waals surface area contributed by atoms with E-state index in [1.807, 2.05) is 12.2 Å². The molecule has 11 nitrogen and oxygen atoms in total. The Balaban J connectivity index is 4.78. The number of carbonyl (C=O) groups excluding carboxylic acids is 3. The summed E-state index contributed by atoms with van der Waals surface area (Å²) in [6, 6.07) is 0. The molecule has 12 heteroatoms. The van der Waals surface area contributed by atoms with Gasteiger partial charge in [-0.05, 0) is 83.5 Å². The topological polar surface area (TPSA) is 155 Å². The summed E-state index contributed by atoms with van der Waals surface area (Å²) >= 11 is 0. The van der Waals surface area contributed by atoms with Gasteiger partial charge in [-0.3, -0.25) is 23.4 Å². The Kier molecular flexibility index (Phi) is 59.1. The number of aliphatic hydroxyl groups is 1. The number of carbonyl (C=O) groups is 3. The maximum Gasteiger partial charge on any atom is 0.472 e. The highest BCUT2D eigenvalue weighted by molar-refractivity contribution is 7.47. The molecule has 0 fully saturated rings. The lowest BCUT2D eigenvalue weighted by Gasteiger charge is -2.21. The lowest BCUT2D eigenvalue weighted by Crippen LogP contribution is -2.30. The molecule has 80 heavy (non-hydrogen) atoms. The Bertz CT molecular complexity index is 1670. The predicted molar refractivity (Wildman–Crippen MR) is 334 cm³/mol. The molecule has 0 saturated carbocycles. The fraction of sp³-hybridized carbons (Fsp3) is 0.750. The summed E-state index contributed by atoms with van der Waals surface area (Å²) in [7, 11) is -4.78. The smallest absolute Gasteiger partial charge is 0.462 e. The van der Waals surface area contributed by atoms with E-state index in [4.69, 9.17) is 23.3 Å². The molecule has 0 rings (SSSR count). The van der Waals surface area contributed by atoms with Gasteiger partial charge >= 0.3 is 25.7 Å². The summed E-state index contributed by atoms with van der Waals surface area (Å²) in [6.07, 6.45) is 72.6. The Hall–Kier alpha value is -3.34. The molecule has 0 saturated heterocycles. The maximum atomic E-state index is 13.0. The first-order valence-electron chi connectivity index (χ1n) is 32.5. The predicted octanol–water partition coefficient (Wildman–Crippen LogP) is 19.8. The fourth-order valence-electron chi connectivity index (χ4n) is 8.91. The van der Waals surface area contributed by atoms with E-state index in [9.17, 15) is 28.9 Å². The molecule has 2 N–H and O–H groups in total. The van der Waals surface area contributed by atoms with Gasteiger partial charge in [-0.2, -0.15) is 0 Å². The van der Waals surface area contributed by atoms with E-state index in [-0.39, 0.29) is 25.9 Å². The number of rotatable bonds is 60. The Labute approximate surface area is 490 Å². The van der Waals surface area contributed by atoms with Gasteiger partial charge in [0.25, 0.3) is 0 Å². The summed E-state index contributed by atoms with van der Waals surface area (Å²) in [5.74, 6) is -1.56. The van der Waals surface area contributed by atoms with Crippen LogP contribution in [0.1, 0.15) is 290 Å². The van der Waals surface area contributed by atoms with E-state index in [1.54, 1.807) is 0 Å². The zero-order valence-electron chi connectivity index (χ0n) is 51.3. The molecule has 0 bridgehead atoms. The summed E-state index contributed by atoms with van der Waals surface area (Å²) in [4.78, 5) is 48.7. The van der Waals surface area contributed by atoms with Gasteiger partial charge in [0.1, 0.15) is 12.7 Å². The minimum atomic E-state index is -4.78. The monoisotopic (exact) mass is 1140 g/mol. The van der Waals surface area contributed by atoms with Crippen LogP contribution in [0, 0.1) is 0 Å². The van der Waals surface area contributed by atoms with Crippen molar-refractivity contribution in [3.8, 4) is 0 Å². The van der Waals surface area contributed by atoms with Crippen LogP contribution >= 0.6 is 7.82 Å². The Morgan fingerprint density at radius 2 is 0.675 bits per heavy atom. The summed E-state index contributed by atoms with van der Waals surface area (Å²) < 4.78 is 39.6. The van der Waals surface area contributed by atoms with Crippen molar-refractivity contribution in [1.82, 2.24) is 0 Å². The van der Waals surface area contributed by atoms with Gasteiger partial charge in [0.2, 0.25) is 0 Å². The third-order valence-corrected chi connectivity index (χ3v) is 14.8. The number of allylic oxidation sites excluding steroid dienone is 14. The van der Waals surface area contributed by atoms with Gasteiger partial charge in [0, 0.05) is 19.3 Å². The van der Waals surface area contributed by atoms with Crippen LogP contribution in [0.5, 0.6) is 0 Å². The van der Waals surface area contributed by atoms with Gasteiger partial charge in [0.05, 0.1) is 19.8 Å². The number of unbranched alkanes of at least 4 members (excludes halogenated alkanes) is 29. The molecule has 0 heterocycles. The lowest BCUT2D eigenvalue weighted by atomic mass is 10.0. The van der Waals surface area contributed by atoms with Crippen molar-refractivity contribution in [3.05, 3.63) is 85.1 Å². The highest BCUT2D eigenvalue weighted by atomic mass is 31.2.